The summed E-state index contributed by atoms with van der Waals surface area (Å²) in [7, 11) is -9.60. The fourth-order valence-electron chi connectivity index (χ4n) is 6.79. The first-order valence-corrected chi connectivity index (χ1v) is 29.6. The lowest BCUT2D eigenvalue weighted by Crippen LogP contribution is -2.25. The summed E-state index contributed by atoms with van der Waals surface area (Å²) in [6.07, 6.45) is 49.3. The lowest BCUT2D eigenvalue weighted by Gasteiger charge is -2.19. The number of phosphoric ester groups is 2. The van der Waals surface area contributed by atoms with E-state index < -0.39 is 85.5 Å². The molecule has 0 aliphatic carbocycles. The Morgan fingerprint density at radius 1 is 0.371 bits per heavy atom. The van der Waals surface area contributed by atoms with Crippen LogP contribution in [0.4, 0.5) is 0 Å². The van der Waals surface area contributed by atoms with E-state index in [2.05, 4.69) is 76.0 Å². The number of ether oxygens (including phenoxy) is 2. The van der Waals surface area contributed by atoms with Crippen molar-refractivity contribution >= 4 is 27.6 Å². The van der Waals surface area contributed by atoms with Gasteiger partial charge >= 0.3 is 27.6 Å². The third-order valence-electron chi connectivity index (χ3n) is 10.9. The highest BCUT2D eigenvalue weighted by atomic mass is 31.2. The second-order valence-electron chi connectivity index (χ2n) is 17.9. The Morgan fingerprint density at radius 3 is 1.01 bits per heavy atom. The number of phosphoric acid groups is 2. The lowest BCUT2D eigenvalue weighted by atomic mass is 10.0. The monoisotopic (exact) mass is 1030 g/mol. The van der Waals surface area contributed by atoms with Crippen LogP contribution in [-0.4, -0.2) is 95.0 Å². The highest BCUT2D eigenvalue weighted by molar-refractivity contribution is 7.47. The Labute approximate surface area is 422 Å². The topological polar surface area (TPSA) is 225 Å². The van der Waals surface area contributed by atoms with Gasteiger partial charge in [0.1, 0.15) is 31.5 Å². The number of hydrogen-bond donors (Lipinski definition) is 5. The van der Waals surface area contributed by atoms with E-state index in [1.807, 2.05) is 12.2 Å². The van der Waals surface area contributed by atoms with Gasteiger partial charge in [-0.05, 0) is 77.0 Å². The summed E-state index contributed by atoms with van der Waals surface area (Å²) >= 11 is 0. The summed E-state index contributed by atoms with van der Waals surface area (Å²) in [5, 5.41) is 30.1. The molecule has 0 spiro atoms. The molecule has 0 aliphatic rings. The van der Waals surface area contributed by atoms with Crippen molar-refractivity contribution in [1.82, 2.24) is 0 Å². The lowest BCUT2D eigenvalue weighted by molar-refractivity contribution is -0.148. The van der Waals surface area contributed by atoms with Crippen LogP contribution in [0.3, 0.4) is 0 Å². The Morgan fingerprint density at radius 2 is 0.629 bits per heavy atom. The van der Waals surface area contributed by atoms with E-state index in [1.54, 1.807) is 0 Å². The number of carbonyl (C=O) groups is 2. The second-order valence-corrected chi connectivity index (χ2v) is 20.8. The average Bonchev–Trinajstić information content (AvgIpc) is 3.34. The van der Waals surface area contributed by atoms with Crippen molar-refractivity contribution in [2.24, 2.45) is 0 Å². The fraction of sp³-hybridized carbons (Fsp3) is 0.774. The molecule has 5 N–H and O–H groups in total. The largest absolute Gasteiger partial charge is 0.472 e. The molecular weight excluding hydrogens is 939 g/mol. The number of esters is 2. The molecule has 0 fully saturated rings. The van der Waals surface area contributed by atoms with Crippen LogP contribution in [0.2, 0.25) is 0 Å². The van der Waals surface area contributed by atoms with Crippen LogP contribution in [0.15, 0.2) is 60.8 Å². The fourth-order valence-corrected chi connectivity index (χ4v) is 8.38. The number of rotatable bonds is 51. The van der Waals surface area contributed by atoms with E-state index in [4.69, 9.17) is 14.0 Å². The summed E-state index contributed by atoms with van der Waals surface area (Å²) in [4.78, 5) is 43.8. The maximum absolute atomic E-state index is 12.2. The number of carbonyl (C=O) groups excluding carboxylic acids is 2. The number of aliphatic hydroxyl groups is 3. The van der Waals surface area contributed by atoms with Gasteiger partial charge in [0.2, 0.25) is 0 Å². The van der Waals surface area contributed by atoms with Crippen LogP contribution < -0.4 is 0 Å². The minimum Gasteiger partial charge on any atom is -0.463 e. The summed E-state index contributed by atoms with van der Waals surface area (Å²) in [6.45, 7) is 0.341. The van der Waals surface area contributed by atoms with E-state index in [0.29, 0.717) is 19.3 Å². The second kappa shape index (κ2) is 49.0. The van der Waals surface area contributed by atoms with Crippen molar-refractivity contribution in [3.8, 4) is 0 Å². The third kappa shape index (κ3) is 50.7. The highest BCUT2D eigenvalue weighted by Gasteiger charge is 2.28. The van der Waals surface area contributed by atoms with Crippen LogP contribution in [-0.2, 0) is 46.3 Å². The predicted octanol–water partition coefficient (Wildman–Crippen LogP) is 12.9. The minimum atomic E-state index is -4.80. The number of allylic oxidation sites excluding steroid dienone is 10. The Hall–Kier alpha value is -2.26. The third-order valence-corrected chi connectivity index (χ3v) is 12.8. The molecule has 5 unspecified atom stereocenters. The number of aliphatic hydroxyl groups excluding tert-OH is 3. The van der Waals surface area contributed by atoms with Gasteiger partial charge in [0.25, 0.3) is 0 Å². The molecule has 0 aromatic heterocycles. The normalized spacial score (nSPS) is 15.4. The SMILES string of the molecule is CCCCC/C=C\C/C=C\C/C=C\C/C=C\CCCC(=O)OCC(O)COP(=O)(O)OCC(O)COP(=O)(O)OCC(O)COC(=O)CCCCCCCCCCCCC/C=C/CCCCCCCC. The smallest absolute Gasteiger partial charge is 0.463 e. The molecule has 0 amide bonds. The molecule has 0 bridgehead atoms. The maximum Gasteiger partial charge on any atom is 0.472 e. The van der Waals surface area contributed by atoms with Crippen molar-refractivity contribution in [3.05, 3.63) is 60.8 Å². The van der Waals surface area contributed by atoms with Crippen molar-refractivity contribution in [3.63, 3.8) is 0 Å². The molecule has 70 heavy (non-hydrogen) atoms. The first-order chi connectivity index (χ1) is 33.8. The average molecular weight is 1040 g/mol. The molecule has 0 aliphatic heterocycles. The van der Waals surface area contributed by atoms with Gasteiger partial charge < -0.3 is 34.6 Å². The van der Waals surface area contributed by atoms with Gasteiger partial charge in [-0.2, -0.15) is 0 Å². The predicted molar refractivity (Wildman–Crippen MR) is 279 cm³/mol. The zero-order valence-electron chi connectivity index (χ0n) is 43.2. The van der Waals surface area contributed by atoms with Crippen LogP contribution in [0.25, 0.3) is 0 Å². The van der Waals surface area contributed by atoms with Gasteiger partial charge in [-0.3, -0.25) is 27.7 Å². The van der Waals surface area contributed by atoms with E-state index in [9.17, 15) is 43.8 Å². The standard InChI is InChI=1S/C53H96O15P2/c1-3-5-7-9-11-13-15-17-19-21-22-23-24-26-28-30-32-34-36-38-40-42-53(58)64-44-50(55)46-66-70(61,62)68-48-51(56)47-67-69(59,60)65-45-49(54)43-63-52(57)41-39-37-35-33-31-29-27-25-20-18-16-14-12-10-8-6-4-2/h12,14,17-20,27,29,33,35,49-51,54-56H,3-11,13,15-16,21-26,28,30-32,34,36-48H2,1-2H3,(H,59,60)(H,61,62)/b14-12-,19-17+,20-18-,29-27-,35-33-. The molecule has 0 saturated heterocycles. The molecule has 0 rings (SSSR count). The Kier molecular flexibility index (Phi) is 47.4. The van der Waals surface area contributed by atoms with Crippen LogP contribution in [0.1, 0.15) is 206 Å². The molecule has 0 saturated carbocycles. The quantitative estimate of drug-likeness (QED) is 0.0165. The van der Waals surface area contributed by atoms with E-state index in [0.717, 1.165) is 44.9 Å². The van der Waals surface area contributed by atoms with Crippen LogP contribution in [0.5, 0.6) is 0 Å². The number of hydrogen-bond acceptors (Lipinski definition) is 13. The van der Waals surface area contributed by atoms with Gasteiger partial charge in [-0.15, -0.1) is 0 Å². The van der Waals surface area contributed by atoms with Crippen molar-refractivity contribution in [2.45, 2.75) is 225 Å². The summed E-state index contributed by atoms with van der Waals surface area (Å²) in [5.41, 5.74) is 0. The molecule has 0 aromatic rings. The molecule has 0 radical (unpaired) electrons. The number of unbranched alkanes of at least 4 members (excludes halogenated alkanes) is 21. The van der Waals surface area contributed by atoms with Gasteiger partial charge in [-0.25, -0.2) is 9.13 Å². The maximum atomic E-state index is 12.2. The van der Waals surface area contributed by atoms with Crippen molar-refractivity contribution < 1.29 is 71.4 Å². The van der Waals surface area contributed by atoms with Gasteiger partial charge in [0.15, 0.2) is 0 Å². The first-order valence-electron chi connectivity index (χ1n) is 26.6. The van der Waals surface area contributed by atoms with E-state index >= 15 is 0 Å². The van der Waals surface area contributed by atoms with Gasteiger partial charge in [0, 0.05) is 12.8 Å². The van der Waals surface area contributed by atoms with Gasteiger partial charge in [0.05, 0.1) is 26.4 Å². The molecule has 0 aromatic carbocycles. The zero-order valence-corrected chi connectivity index (χ0v) is 45.0. The first kappa shape index (κ1) is 67.7. The van der Waals surface area contributed by atoms with E-state index in [-0.39, 0.29) is 12.8 Å². The molecule has 5 atom stereocenters. The molecule has 408 valence electrons. The van der Waals surface area contributed by atoms with Gasteiger partial charge in [-0.1, -0.05) is 177 Å². The molecule has 17 heteroatoms. The summed E-state index contributed by atoms with van der Waals surface area (Å²) in [5.74, 6) is -1.05. The molecule has 0 heterocycles. The Bertz CT molecular complexity index is 1480. The van der Waals surface area contributed by atoms with Crippen molar-refractivity contribution in [2.75, 3.05) is 39.6 Å². The van der Waals surface area contributed by atoms with Crippen LogP contribution in [0, 0.1) is 0 Å². The molecular formula is C53H96O15P2. The zero-order chi connectivity index (χ0) is 51.7. The minimum absolute atomic E-state index is 0.119. The molecule has 15 nitrogen and oxygen atoms in total. The highest BCUT2D eigenvalue weighted by Crippen LogP contribution is 2.45. The summed E-state index contributed by atoms with van der Waals surface area (Å²) in [6, 6.07) is 0. The van der Waals surface area contributed by atoms with Crippen molar-refractivity contribution in [1.29, 1.82) is 0 Å². The summed E-state index contributed by atoms with van der Waals surface area (Å²) < 4.78 is 53.1. The Balaban J connectivity index is 3.88. The van der Waals surface area contributed by atoms with Crippen LogP contribution >= 0.6 is 15.6 Å². The van der Waals surface area contributed by atoms with E-state index in [1.165, 1.54) is 116 Å².